The van der Waals surface area contributed by atoms with Crippen LogP contribution in [0, 0.1) is 18.7 Å². The molecule has 0 spiro atoms. The first-order chi connectivity index (χ1) is 23.7. The summed E-state index contributed by atoms with van der Waals surface area (Å²) < 4.78 is 14.1. The second-order valence-corrected chi connectivity index (χ2v) is 14.0. The average molecular weight is 713 g/mol. The molecule has 0 bridgehead atoms. The second kappa shape index (κ2) is 19.1. The van der Waals surface area contributed by atoms with Gasteiger partial charge in [0.25, 0.3) is 0 Å². The minimum absolute atomic E-state index is 0.107. The monoisotopic (exact) mass is 712 g/mol. The molecule has 0 radical (unpaired) electrons. The Kier molecular flexibility index (Phi) is 15.2. The molecule has 1 fully saturated rings. The van der Waals surface area contributed by atoms with Gasteiger partial charge in [-0.25, -0.2) is 4.39 Å². The number of carbonyl (C=O) groups is 6. The normalized spacial score (nSPS) is 23.2. The number of halogens is 1. The SMILES string of the molecule is CSCC[C@@H]1NC(=O)[C@H](C(C)C)NC(=O)[C@@H](C)NC(=O)CN(C(=O)Cc2cc(F)ccc2C)C[C@@H](Cc2ccccc2)NC(=O)[C@H](C)NC1=O. The number of aryl methyl sites for hydroxylation is 1. The van der Waals surface area contributed by atoms with Crippen LogP contribution in [-0.2, 0) is 41.6 Å². The van der Waals surface area contributed by atoms with Crippen molar-refractivity contribution in [2.45, 2.75) is 84.1 Å². The molecule has 5 atom stereocenters. The van der Waals surface area contributed by atoms with Gasteiger partial charge in [0.1, 0.15) is 30.0 Å². The topological polar surface area (TPSA) is 166 Å². The van der Waals surface area contributed by atoms with Crippen LogP contribution < -0.4 is 26.6 Å². The third kappa shape index (κ3) is 12.1. The van der Waals surface area contributed by atoms with E-state index in [0.717, 1.165) is 5.56 Å². The molecule has 12 nitrogen and oxygen atoms in total. The largest absolute Gasteiger partial charge is 0.349 e. The average Bonchev–Trinajstić information content (AvgIpc) is 3.06. The number of nitrogens with zero attached hydrogens (tertiary/aromatic N) is 1. The molecule has 6 amide bonds. The zero-order valence-electron chi connectivity index (χ0n) is 29.5. The van der Waals surface area contributed by atoms with Crippen LogP contribution in [0.25, 0.3) is 0 Å². The highest BCUT2D eigenvalue weighted by molar-refractivity contribution is 7.98. The predicted octanol–water partition coefficient (Wildman–Crippen LogP) is 1.63. The molecule has 1 aliphatic rings. The molecule has 1 heterocycles. The predicted molar refractivity (Wildman–Crippen MR) is 190 cm³/mol. The number of rotatable bonds is 8. The molecule has 0 unspecified atom stereocenters. The quantitative estimate of drug-likeness (QED) is 0.278. The first-order valence-corrected chi connectivity index (χ1v) is 18.1. The van der Waals surface area contributed by atoms with Crippen molar-refractivity contribution in [3.8, 4) is 0 Å². The number of amides is 6. The number of hydrogen-bond acceptors (Lipinski definition) is 7. The number of nitrogens with one attached hydrogen (secondary N) is 5. The first-order valence-electron chi connectivity index (χ1n) is 16.7. The standard InChI is InChI=1S/C36H49FN6O6S/c1-21(2)32-36(49)41-29(14-15-50-6)35(48)39-24(5)33(46)40-28(16-25-10-8-7-9-11-25)19-43(20-30(44)38-23(4)34(47)42-32)31(45)18-26-17-27(37)13-12-22(26)3/h7-13,17,21,23-24,28-29,32H,14-16,18-20H2,1-6H3,(H,38,44)(H,39,48)(H,40,46)(H,41,49)(H,42,47)/t23-,24+,28-,29+,32+/m1/s1. The summed E-state index contributed by atoms with van der Waals surface area (Å²) in [6.07, 6.45) is 2.20. The van der Waals surface area contributed by atoms with E-state index in [4.69, 9.17) is 0 Å². The molecule has 5 N–H and O–H groups in total. The Hall–Kier alpha value is -4.46. The van der Waals surface area contributed by atoms with Gasteiger partial charge in [-0.1, -0.05) is 50.2 Å². The molecule has 2 aromatic rings. The van der Waals surface area contributed by atoms with E-state index in [9.17, 15) is 33.2 Å². The molecule has 14 heteroatoms. The smallest absolute Gasteiger partial charge is 0.243 e. The lowest BCUT2D eigenvalue weighted by atomic mass is 10.0. The zero-order valence-corrected chi connectivity index (χ0v) is 30.3. The summed E-state index contributed by atoms with van der Waals surface area (Å²) >= 11 is 1.49. The molecule has 0 aliphatic carbocycles. The molecular weight excluding hydrogens is 663 g/mol. The Morgan fingerprint density at radius 2 is 1.54 bits per heavy atom. The van der Waals surface area contributed by atoms with E-state index < -0.39 is 78.0 Å². The number of hydrogen-bond donors (Lipinski definition) is 5. The van der Waals surface area contributed by atoms with Crippen molar-refractivity contribution in [1.29, 1.82) is 0 Å². The van der Waals surface area contributed by atoms with E-state index in [1.807, 2.05) is 36.6 Å². The molecule has 272 valence electrons. The maximum Gasteiger partial charge on any atom is 0.243 e. The molecule has 0 aromatic heterocycles. The summed E-state index contributed by atoms with van der Waals surface area (Å²) in [5, 5.41) is 13.7. The van der Waals surface area contributed by atoms with Crippen LogP contribution in [0.3, 0.4) is 0 Å². The van der Waals surface area contributed by atoms with Crippen molar-refractivity contribution in [2.75, 3.05) is 25.1 Å². The van der Waals surface area contributed by atoms with E-state index in [2.05, 4.69) is 26.6 Å². The van der Waals surface area contributed by atoms with Gasteiger partial charge in [-0.15, -0.1) is 0 Å². The lowest BCUT2D eigenvalue weighted by Crippen LogP contribution is -2.60. The first kappa shape index (κ1) is 40.0. The van der Waals surface area contributed by atoms with Crippen molar-refractivity contribution in [3.05, 3.63) is 71.0 Å². The molecule has 2 aromatic carbocycles. The maximum atomic E-state index is 14.1. The molecule has 3 rings (SSSR count). The van der Waals surface area contributed by atoms with Crippen LogP contribution in [0.5, 0.6) is 0 Å². The summed E-state index contributed by atoms with van der Waals surface area (Å²) in [6.45, 7) is 7.61. The fourth-order valence-electron chi connectivity index (χ4n) is 5.50. The number of benzene rings is 2. The summed E-state index contributed by atoms with van der Waals surface area (Å²) in [7, 11) is 0. The number of carbonyl (C=O) groups excluding carboxylic acids is 6. The maximum absolute atomic E-state index is 14.1. The van der Waals surface area contributed by atoms with Crippen LogP contribution >= 0.6 is 11.8 Å². The Labute approximate surface area is 297 Å². The Morgan fingerprint density at radius 1 is 0.880 bits per heavy atom. The van der Waals surface area contributed by atoms with E-state index >= 15 is 0 Å². The van der Waals surface area contributed by atoms with Gasteiger partial charge >= 0.3 is 0 Å². The van der Waals surface area contributed by atoms with E-state index in [1.165, 1.54) is 42.6 Å². The summed E-state index contributed by atoms with van der Waals surface area (Å²) in [5.41, 5.74) is 1.98. The van der Waals surface area contributed by atoms with E-state index in [0.29, 0.717) is 16.9 Å². The highest BCUT2D eigenvalue weighted by atomic mass is 32.2. The fourth-order valence-corrected chi connectivity index (χ4v) is 5.97. The number of thioether (sulfide) groups is 1. The summed E-state index contributed by atoms with van der Waals surface area (Å²) in [6, 6.07) is 8.52. The molecule has 0 saturated carbocycles. The Bertz CT molecular complexity index is 1530. The van der Waals surface area contributed by atoms with Crippen molar-refractivity contribution >= 4 is 47.2 Å². The highest BCUT2D eigenvalue weighted by Crippen LogP contribution is 2.14. The molecule has 50 heavy (non-hydrogen) atoms. The van der Waals surface area contributed by atoms with Crippen molar-refractivity contribution in [1.82, 2.24) is 31.5 Å². The van der Waals surface area contributed by atoms with Crippen LogP contribution in [0.1, 0.15) is 50.8 Å². The van der Waals surface area contributed by atoms with Gasteiger partial charge in [0.05, 0.1) is 19.0 Å². The Balaban J connectivity index is 2.01. The minimum Gasteiger partial charge on any atom is -0.349 e. The van der Waals surface area contributed by atoms with Gasteiger partial charge in [0, 0.05) is 6.54 Å². The van der Waals surface area contributed by atoms with E-state index in [1.54, 1.807) is 26.8 Å². The molecule has 1 aliphatic heterocycles. The van der Waals surface area contributed by atoms with Crippen LogP contribution in [-0.4, -0.2) is 95.7 Å². The van der Waals surface area contributed by atoms with Crippen LogP contribution in [0.4, 0.5) is 4.39 Å². The minimum atomic E-state index is -1.09. The van der Waals surface area contributed by atoms with Crippen molar-refractivity contribution in [2.24, 2.45) is 5.92 Å². The van der Waals surface area contributed by atoms with Gasteiger partial charge in [0.2, 0.25) is 35.4 Å². The highest BCUT2D eigenvalue weighted by Gasteiger charge is 2.32. The van der Waals surface area contributed by atoms with Gasteiger partial charge < -0.3 is 31.5 Å². The van der Waals surface area contributed by atoms with Gasteiger partial charge in [-0.05, 0) is 80.4 Å². The van der Waals surface area contributed by atoms with Crippen molar-refractivity contribution in [3.63, 3.8) is 0 Å². The van der Waals surface area contributed by atoms with Crippen LogP contribution in [0.2, 0.25) is 0 Å². The Morgan fingerprint density at radius 3 is 2.20 bits per heavy atom. The van der Waals surface area contributed by atoms with E-state index in [-0.39, 0.29) is 31.7 Å². The van der Waals surface area contributed by atoms with Crippen LogP contribution in [0.15, 0.2) is 48.5 Å². The summed E-state index contributed by atoms with van der Waals surface area (Å²) in [5.74, 6) is -3.80. The molecule has 1 saturated heterocycles. The summed E-state index contributed by atoms with van der Waals surface area (Å²) in [4.78, 5) is 82.2. The zero-order chi connectivity index (χ0) is 37.0. The lowest BCUT2D eigenvalue weighted by molar-refractivity contribution is -0.138. The van der Waals surface area contributed by atoms with Crippen molar-refractivity contribution < 1.29 is 33.2 Å². The third-order valence-electron chi connectivity index (χ3n) is 8.47. The van der Waals surface area contributed by atoms with Gasteiger partial charge in [0.15, 0.2) is 0 Å². The van der Waals surface area contributed by atoms with Gasteiger partial charge in [-0.2, -0.15) is 11.8 Å². The molecular formula is C36H49FN6O6S. The second-order valence-electron chi connectivity index (χ2n) is 13.0. The van der Waals surface area contributed by atoms with Gasteiger partial charge in [-0.3, -0.25) is 28.8 Å². The third-order valence-corrected chi connectivity index (χ3v) is 9.11. The fraction of sp³-hybridized carbons (Fsp3) is 0.500. The lowest BCUT2D eigenvalue weighted by Gasteiger charge is -2.31.